The molecule has 5 atom stereocenters. The average molecular weight is 771 g/mol. The summed E-state index contributed by atoms with van der Waals surface area (Å²) >= 11 is 0. The topological polar surface area (TPSA) is 218 Å². The molecule has 0 unspecified atom stereocenters. The van der Waals surface area contributed by atoms with E-state index in [9.17, 15) is 33.6 Å². The van der Waals surface area contributed by atoms with Crippen molar-refractivity contribution in [2.45, 2.75) is 91.4 Å². The van der Waals surface area contributed by atoms with E-state index in [1.807, 2.05) is 0 Å². The van der Waals surface area contributed by atoms with Crippen LogP contribution in [0.3, 0.4) is 0 Å². The first-order chi connectivity index (χ1) is 25.3. The second-order valence-corrected chi connectivity index (χ2v) is 12.8. The highest BCUT2D eigenvalue weighted by Crippen LogP contribution is 2.31. The number of esters is 5. The molecule has 54 heavy (non-hydrogen) atoms. The molecule has 0 saturated carbocycles. The SMILES string of the molecule is COC(=O)[C@H]1O[C@@H](Oc2ccc(COC(=O)N(C)CCN(CCOCCOC(C)=O)C(=O)OC(C)(C)C)cc2)[C@H](OC(C)=O)[C@@H](OC(C)=O)[C@@H]1OC(C)=O. The van der Waals surface area contributed by atoms with Crippen molar-refractivity contribution in [3.8, 4) is 5.75 Å². The quantitative estimate of drug-likeness (QED) is 0.126. The Morgan fingerprint density at radius 1 is 0.704 bits per heavy atom. The number of benzene rings is 1. The van der Waals surface area contributed by atoms with E-state index in [0.717, 1.165) is 27.9 Å². The number of ether oxygens (including phenoxy) is 10. The number of amides is 2. The second-order valence-electron chi connectivity index (χ2n) is 12.8. The predicted octanol–water partition coefficient (Wildman–Crippen LogP) is 2.14. The Morgan fingerprint density at radius 2 is 1.30 bits per heavy atom. The number of hydrogen-bond donors (Lipinski definition) is 0. The van der Waals surface area contributed by atoms with Gasteiger partial charge in [-0.05, 0) is 38.5 Å². The largest absolute Gasteiger partial charge is 0.467 e. The van der Waals surface area contributed by atoms with Crippen LogP contribution in [0.2, 0.25) is 0 Å². The van der Waals surface area contributed by atoms with Crippen molar-refractivity contribution < 1.29 is 80.9 Å². The summed E-state index contributed by atoms with van der Waals surface area (Å²) in [6.45, 7) is 10.3. The number of methoxy groups -OCH3 is 1. The summed E-state index contributed by atoms with van der Waals surface area (Å²) in [5.74, 6) is -3.73. The van der Waals surface area contributed by atoms with E-state index in [1.165, 1.54) is 35.9 Å². The van der Waals surface area contributed by atoms with Gasteiger partial charge in [-0.1, -0.05) is 12.1 Å². The molecule has 302 valence electrons. The van der Waals surface area contributed by atoms with E-state index in [0.29, 0.717) is 5.56 Å². The van der Waals surface area contributed by atoms with Crippen molar-refractivity contribution in [3.63, 3.8) is 0 Å². The molecule has 1 aliphatic rings. The van der Waals surface area contributed by atoms with Gasteiger partial charge in [0.15, 0.2) is 18.3 Å². The third-order valence-electron chi connectivity index (χ3n) is 7.08. The lowest BCUT2D eigenvalue weighted by Crippen LogP contribution is -2.64. The van der Waals surface area contributed by atoms with Crippen LogP contribution in [-0.2, 0) is 73.2 Å². The third kappa shape index (κ3) is 15.8. The van der Waals surface area contributed by atoms with Crippen molar-refractivity contribution in [1.82, 2.24) is 9.80 Å². The summed E-state index contributed by atoms with van der Waals surface area (Å²) in [5, 5.41) is 0. The number of likely N-dealkylation sites (N-methyl/N-ethyl adjacent to an activating group) is 1. The van der Waals surface area contributed by atoms with Gasteiger partial charge in [0.2, 0.25) is 12.4 Å². The van der Waals surface area contributed by atoms with E-state index < -0.39 is 78.3 Å². The minimum absolute atomic E-state index is 0.0759. The van der Waals surface area contributed by atoms with Crippen molar-refractivity contribution in [2.75, 3.05) is 53.6 Å². The van der Waals surface area contributed by atoms with Gasteiger partial charge >= 0.3 is 42.0 Å². The maximum atomic E-state index is 12.8. The minimum Gasteiger partial charge on any atom is -0.467 e. The lowest BCUT2D eigenvalue weighted by molar-refractivity contribution is -0.282. The summed E-state index contributed by atoms with van der Waals surface area (Å²) in [4.78, 5) is 87.8. The third-order valence-corrected chi connectivity index (χ3v) is 7.08. The van der Waals surface area contributed by atoms with Crippen molar-refractivity contribution >= 4 is 42.0 Å². The fraction of sp³-hybridized carbons (Fsp3) is 0.629. The highest BCUT2D eigenvalue weighted by Gasteiger charge is 2.55. The maximum absolute atomic E-state index is 12.8. The van der Waals surface area contributed by atoms with Crippen molar-refractivity contribution in [3.05, 3.63) is 29.8 Å². The van der Waals surface area contributed by atoms with E-state index in [2.05, 4.69) is 0 Å². The Bertz CT molecular complexity index is 1440. The molecule has 1 fully saturated rings. The highest BCUT2D eigenvalue weighted by atomic mass is 16.7. The first-order valence-electron chi connectivity index (χ1n) is 16.9. The van der Waals surface area contributed by atoms with Crippen LogP contribution >= 0.6 is 0 Å². The molecule has 1 saturated heterocycles. The van der Waals surface area contributed by atoms with Gasteiger partial charge in [0.25, 0.3) is 0 Å². The molecule has 0 spiro atoms. The van der Waals surface area contributed by atoms with E-state index in [-0.39, 0.29) is 51.8 Å². The molecule has 1 aromatic carbocycles. The van der Waals surface area contributed by atoms with Crippen LogP contribution in [0, 0.1) is 0 Å². The zero-order valence-corrected chi connectivity index (χ0v) is 32.0. The number of nitrogens with zero attached hydrogens (tertiary/aromatic N) is 2. The van der Waals surface area contributed by atoms with E-state index in [4.69, 9.17) is 47.4 Å². The van der Waals surface area contributed by atoms with Gasteiger partial charge in [-0.3, -0.25) is 19.2 Å². The normalized spacial score (nSPS) is 19.3. The Kier molecular flexibility index (Phi) is 17.9. The number of carbonyl (C=O) groups is 7. The first kappa shape index (κ1) is 45.0. The van der Waals surface area contributed by atoms with Crippen molar-refractivity contribution in [2.24, 2.45) is 0 Å². The summed E-state index contributed by atoms with van der Waals surface area (Å²) in [7, 11) is 2.57. The molecule has 1 aliphatic heterocycles. The van der Waals surface area contributed by atoms with Gasteiger partial charge in [-0.15, -0.1) is 0 Å². The van der Waals surface area contributed by atoms with Gasteiger partial charge in [0.05, 0.1) is 20.3 Å². The Hall–Kier alpha value is -5.17. The first-order valence-corrected chi connectivity index (χ1v) is 16.9. The van der Waals surface area contributed by atoms with Crippen LogP contribution in [0.5, 0.6) is 5.75 Å². The van der Waals surface area contributed by atoms with Gasteiger partial charge in [0, 0.05) is 54.4 Å². The zero-order chi connectivity index (χ0) is 40.6. The lowest BCUT2D eigenvalue weighted by Gasteiger charge is -2.43. The van der Waals surface area contributed by atoms with Crippen LogP contribution in [0.4, 0.5) is 9.59 Å². The fourth-order valence-electron chi connectivity index (χ4n) is 4.73. The summed E-state index contributed by atoms with van der Waals surface area (Å²) in [5.41, 5.74) is -0.206. The molecule has 0 radical (unpaired) electrons. The van der Waals surface area contributed by atoms with Crippen LogP contribution in [0.1, 0.15) is 54.0 Å². The number of hydrogen-bond acceptors (Lipinski definition) is 17. The number of carbonyl (C=O) groups excluding carboxylic acids is 7. The monoisotopic (exact) mass is 770 g/mol. The minimum atomic E-state index is -1.63. The molecule has 0 aliphatic carbocycles. The molecule has 0 aromatic heterocycles. The molecular formula is C35H50N2O17. The summed E-state index contributed by atoms with van der Waals surface area (Å²) in [6, 6.07) is 6.11. The summed E-state index contributed by atoms with van der Waals surface area (Å²) in [6.07, 6.45) is -8.99. The Labute approximate surface area is 313 Å². The van der Waals surface area contributed by atoms with Crippen LogP contribution in [-0.4, -0.2) is 142 Å². The molecule has 19 nitrogen and oxygen atoms in total. The standard InChI is InChI=1S/C35H50N2O17/c1-21(38)47-19-18-46-17-16-37(34(44)54-35(5,6)7)15-14-36(8)33(43)48-20-25-10-12-26(13-11-25)52-32-30(51-24(4)41)28(50-23(3)40)27(49-22(2)39)29(53-32)31(42)45-9/h10-13,27-30,32H,14-20H2,1-9H3/t27-,28-,29-,30+,32+/m0/s1. The molecule has 19 heteroatoms. The second kappa shape index (κ2) is 21.5. The summed E-state index contributed by atoms with van der Waals surface area (Å²) < 4.78 is 53.6. The molecule has 1 aromatic rings. The predicted molar refractivity (Wildman–Crippen MR) is 182 cm³/mol. The van der Waals surface area contributed by atoms with Gasteiger partial charge in [-0.2, -0.15) is 0 Å². The molecule has 1 heterocycles. The molecule has 2 amide bonds. The molecule has 2 rings (SSSR count). The smallest absolute Gasteiger partial charge is 0.410 e. The van der Waals surface area contributed by atoms with Gasteiger partial charge < -0.3 is 57.2 Å². The Morgan fingerprint density at radius 3 is 1.85 bits per heavy atom. The van der Waals surface area contributed by atoms with Gasteiger partial charge in [0.1, 0.15) is 24.6 Å². The van der Waals surface area contributed by atoms with Crippen LogP contribution < -0.4 is 4.74 Å². The maximum Gasteiger partial charge on any atom is 0.410 e. The average Bonchev–Trinajstić information content (AvgIpc) is 3.07. The highest BCUT2D eigenvalue weighted by molar-refractivity contribution is 5.77. The molecule has 0 N–H and O–H groups in total. The van der Waals surface area contributed by atoms with Crippen molar-refractivity contribution in [1.29, 1.82) is 0 Å². The van der Waals surface area contributed by atoms with Crippen LogP contribution in [0.25, 0.3) is 0 Å². The van der Waals surface area contributed by atoms with Gasteiger partial charge in [-0.25, -0.2) is 14.4 Å². The van der Waals surface area contributed by atoms with E-state index in [1.54, 1.807) is 32.9 Å². The zero-order valence-electron chi connectivity index (χ0n) is 32.0. The number of rotatable bonds is 17. The van der Waals surface area contributed by atoms with E-state index >= 15 is 0 Å². The fourth-order valence-corrected chi connectivity index (χ4v) is 4.73. The van der Waals surface area contributed by atoms with Crippen LogP contribution in [0.15, 0.2) is 24.3 Å². The lowest BCUT2D eigenvalue weighted by atomic mass is 9.97. The molecule has 0 bridgehead atoms. The molecular weight excluding hydrogens is 720 g/mol. The Balaban J connectivity index is 2.07.